The fourth-order valence-corrected chi connectivity index (χ4v) is 2.50. The number of rotatable bonds is 2. The van der Waals surface area contributed by atoms with Gasteiger partial charge in [0.1, 0.15) is 5.82 Å². The van der Waals surface area contributed by atoms with Crippen molar-refractivity contribution in [1.29, 1.82) is 0 Å². The van der Waals surface area contributed by atoms with Crippen LogP contribution in [0.1, 0.15) is 35.7 Å². The van der Waals surface area contributed by atoms with Crippen LogP contribution in [-0.2, 0) is 4.79 Å². The van der Waals surface area contributed by atoms with Crippen LogP contribution in [0.3, 0.4) is 0 Å². The second kappa shape index (κ2) is 5.51. The molecule has 3 nitrogen and oxygen atoms in total. The molecule has 102 valence electrons. The summed E-state index contributed by atoms with van der Waals surface area (Å²) in [6, 6.07) is 4.70. The Hall–Kier alpha value is -1.71. The van der Waals surface area contributed by atoms with E-state index < -0.39 is 5.82 Å². The predicted octanol–water partition coefficient (Wildman–Crippen LogP) is 2.58. The number of amides is 1. The number of benzene rings is 1. The zero-order chi connectivity index (χ0) is 14.0. The first-order valence-corrected chi connectivity index (χ1v) is 6.55. The summed E-state index contributed by atoms with van der Waals surface area (Å²) in [5.41, 5.74) is 0.979. The molecule has 1 aromatic rings. The highest BCUT2D eigenvalue weighted by atomic mass is 19.1. The minimum atomic E-state index is -0.445. The van der Waals surface area contributed by atoms with E-state index in [0.29, 0.717) is 25.9 Å². The normalized spacial score (nSPS) is 16.5. The zero-order valence-electron chi connectivity index (χ0n) is 11.3. The summed E-state index contributed by atoms with van der Waals surface area (Å²) >= 11 is 0. The van der Waals surface area contributed by atoms with Gasteiger partial charge in [0.2, 0.25) is 5.91 Å². The summed E-state index contributed by atoms with van der Waals surface area (Å²) in [5.74, 6) is -0.722. The maximum absolute atomic E-state index is 13.8. The molecule has 0 unspecified atom stereocenters. The Labute approximate surface area is 112 Å². The number of hydrogen-bond donors (Lipinski definition) is 0. The Bertz CT molecular complexity index is 505. The van der Waals surface area contributed by atoms with Gasteiger partial charge in [0.25, 0.3) is 0 Å². The van der Waals surface area contributed by atoms with Crippen molar-refractivity contribution in [1.82, 2.24) is 4.90 Å². The standard InChI is InChI=1S/C15H18FNO2/c1-10-3-4-13(14(16)9-10)15(19)12-5-7-17(8-6-12)11(2)18/h3-4,9,12H,5-8H2,1-2H3. The molecule has 0 saturated carbocycles. The maximum Gasteiger partial charge on any atom is 0.219 e. The first-order valence-electron chi connectivity index (χ1n) is 6.55. The van der Waals surface area contributed by atoms with Gasteiger partial charge in [-0.05, 0) is 37.5 Å². The Morgan fingerprint density at radius 2 is 1.89 bits per heavy atom. The van der Waals surface area contributed by atoms with Gasteiger partial charge >= 0.3 is 0 Å². The first-order chi connectivity index (χ1) is 8.99. The quantitative estimate of drug-likeness (QED) is 0.769. The fraction of sp³-hybridized carbons (Fsp3) is 0.467. The number of halogens is 1. The van der Waals surface area contributed by atoms with E-state index in [9.17, 15) is 14.0 Å². The molecule has 1 aromatic carbocycles. The lowest BCUT2D eigenvalue weighted by atomic mass is 9.88. The van der Waals surface area contributed by atoms with E-state index in [4.69, 9.17) is 0 Å². The average molecular weight is 263 g/mol. The van der Waals surface area contributed by atoms with Crippen LogP contribution in [0.25, 0.3) is 0 Å². The molecule has 0 atom stereocenters. The van der Waals surface area contributed by atoms with Crippen molar-refractivity contribution in [2.24, 2.45) is 5.92 Å². The summed E-state index contributed by atoms with van der Waals surface area (Å²) in [6.45, 7) is 4.49. The van der Waals surface area contributed by atoms with Crippen molar-refractivity contribution in [2.45, 2.75) is 26.7 Å². The lowest BCUT2D eigenvalue weighted by Crippen LogP contribution is -2.39. The summed E-state index contributed by atoms with van der Waals surface area (Å²) in [4.78, 5) is 25.2. The van der Waals surface area contributed by atoms with Crippen molar-refractivity contribution in [2.75, 3.05) is 13.1 Å². The first kappa shape index (κ1) is 13.7. The van der Waals surface area contributed by atoms with Gasteiger partial charge in [-0.1, -0.05) is 6.07 Å². The molecule has 1 heterocycles. The summed E-state index contributed by atoms with van der Waals surface area (Å²) in [5, 5.41) is 0. The minimum Gasteiger partial charge on any atom is -0.343 e. The highest BCUT2D eigenvalue weighted by Crippen LogP contribution is 2.23. The molecule has 0 spiro atoms. The van der Waals surface area contributed by atoms with Gasteiger partial charge in [-0.3, -0.25) is 9.59 Å². The number of piperidine rings is 1. The topological polar surface area (TPSA) is 37.4 Å². The molecule has 1 aliphatic rings. The molecule has 0 radical (unpaired) electrons. The molecule has 1 saturated heterocycles. The second-order valence-electron chi connectivity index (χ2n) is 5.13. The van der Waals surface area contributed by atoms with Gasteiger partial charge < -0.3 is 4.90 Å². The maximum atomic E-state index is 13.8. The summed E-state index contributed by atoms with van der Waals surface area (Å²) in [6.07, 6.45) is 1.23. The summed E-state index contributed by atoms with van der Waals surface area (Å²) in [7, 11) is 0. The molecule has 0 aromatic heterocycles. The van der Waals surface area contributed by atoms with E-state index in [0.717, 1.165) is 5.56 Å². The molecule has 4 heteroatoms. The fourth-order valence-electron chi connectivity index (χ4n) is 2.50. The second-order valence-corrected chi connectivity index (χ2v) is 5.13. The smallest absolute Gasteiger partial charge is 0.219 e. The molecule has 0 aliphatic carbocycles. The summed E-state index contributed by atoms with van der Waals surface area (Å²) < 4.78 is 13.8. The van der Waals surface area contributed by atoms with Crippen LogP contribution in [-0.4, -0.2) is 29.7 Å². The van der Waals surface area contributed by atoms with Crippen LogP contribution >= 0.6 is 0 Å². The van der Waals surface area contributed by atoms with Gasteiger partial charge in [-0.25, -0.2) is 4.39 Å². The van der Waals surface area contributed by atoms with E-state index in [1.54, 1.807) is 24.0 Å². The Morgan fingerprint density at radius 3 is 2.42 bits per heavy atom. The van der Waals surface area contributed by atoms with Crippen LogP contribution < -0.4 is 0 Å². The van der Waals surface area contributed by atoms with Gasteiger partial charge in [0.05, 0.1) is 5.56 Å². The number of carbonyl (C=O) groups is 2. The van der Waals surface area contributed by atoms with Crippen LogP contribution in [0.4, 0.5) is 4.39 Å². The number of likely N-dealkylation sites (tertiary alicyclic amines) is 1. The molecule has 1 amide bonds. The highest BCUT2D eigenvalue weighted by molar-refractivity contribution is 5.98. The molecular weight excluding hydrogens is 245 g/mol. The Balaban J connectivity index is 2.07. The van der Waals surface area contributed by atoms with Gasteiger partial charge in [-0.15, -0.1) is 0 Å². The molecular formula is C15H18FNO2. The van der Waals surface area contributed by atoms with E-state index in [-0.39, 0.29) is 23.2 Å². The number of aryl methyl sites for hydroxylation is 1. The monoisotopic (exact) mass is 263 g/mol. The Morgan fingerprint density at radius 1 is 1.26 bits per heavy atom. The van der Waals surface area contributed by atoms with Crippen molar-refractivity contribution in [3.8, 4) is 0 Å². The molecule has 0 bridgehead atoms. The number of hydrogen-bond acceptors (Lipinski definition) is 2. The van der Waals surface area contributed by atoms with Crippen LogP contribution in [0.5, 0.6) is 0 Å². The number of nitrogens with zero attached hydrogens (tertiary/aromatic N) is 1. The molecule has 1 fully saturated rings. The third-order valence-corrected chi connectivity index (χ3v) is 3.70. The average Bonchev–Trinajstić information content (AvgIpc) is 2.38. The molecule has 1 aliphatic heterocycles. The van der Waals surface area contributed by atoms with Crippen molar-refractivity contribution in [3.05, 3.63) is 35.1 Å². The number of carbonyl (C=O) groups excluding carboxylic acids is 2. The lowest BCUT2D eigenvalue weighted by molar-refractivity contribution is -0.130. The predicted molar refractivity (Wildman–Crippen MR) is 70.4 cm³/mol. The number of Topliss-reactive ketones (excluding diaryl/α,β-unsaturated/α-hetero) is 1. The lowest BCUT2D eigenvalue weighted by Gasteiger charge is -2.30. The van der Waals surface area contributed by atoms with Crippen molar-refractivity contribution < 1.29 is 14.0 Å². The third-order valence-electron chi connectivity index (χ3n) is 3.70. The molecule has 2 rings (SSSR count). The molecule has 0 N–H and O–H groups in total. The largest absolute Gasteiger partial charge is 0.343 e. The van der Waals surface area contributed by atoms with Crippen molar-refractivity contribution >= 4 is 11.7 Å². The van der Waals surface area contributed by atoms with E-state index in [2.05, 4.69) is 0 Å². The van der Waals surface area contributed by atoms with Crippen LogP contribution in [0, 0.1) is 18.7 Å². The zero-order valence-corrected chi connectivity index (χ0v) is 11.3. The van der Waals surface area contributed by atoms with E-state index >= 15 is 0 Å². The van der Waals surface area contributed by atoms with E-state index in [1.807, 2.05) is 0 Å². The SMILES string of the molecule is CC(=O)N1CCC(C(=O)c2ccc(C)cc2F)CC1. The molecule has 19 heavy (non-hydrogen) atoms. The van der Waals surface area contributed by atoms with Crippen LogP contribution in [0.15, 0.2) is 18.2 Å². The number of ketones is 1. The van der Waals surface area contributed by atoms with Crippen LogP contribution in [0.2, 0.25) is 0 Å². The Kier molecular flexibility index (Phi) is 3.98. The van der Waals surface area contributed by atoms with Gasteiger partial charge in [0, 0.05) is 25.9 Å². The van der Waals surface area contributed by atoms with Gasteiger partial charge in [0.15, 0.2) is 5.78 Å². The van der Waals surface area contributed by atoms with E-state index in [1.165, 1.54) is 13.0 Å². The minimum absolute atomic E-state index is 0.0346. The third kappa shape index (κ3) is 3.00. The highest BCUT2D eigenvalue weighted by Gasteiger charge is 2.28. The van der Waals surface area contributed by atoms with Crippen molar-refractivity contribution in [3.63, 3.8) is 0 Å². The van der Waals surface area contributed by atoms with Gasteiger partial charge in [-0.2, -0.15) is 0 Å².